The quantitative estimate of drug-likeness (QED) is 0.512. The van der Waals surface area contributed by atoms with Crippen LogP contribution in [0.5, 0.6) is 0 Å². The lowest BCUT2D eigenvalue weighted by molar-refractivity contribution is 0.328. The van der Waals surface area contributed by atoms with Crippen molar-refractivity contribution in [2.45, 2.75) is 35.6 Å². The standard InChI is InChI=1S/C8H14IN/c1-6-2-5-10-8(3-4-8)7(6)9/h6-7,10H,2-5H2,1H3. The minimum Gasteiger partial charge on any atom is -0.310 e. The highest BCUT2D eigenvalue weighted by atomic mass is 127. The lowest BCUT2D eigenvalue weighted by Crippen LogP contribution is -2.48. The second-order valence-corrected chi connectivity index (χ2v) is 5.09. The van der Waals surface area contributed by atoms with Crippen LogP contribution < -0.4 is 5.32 Å². The van der Waals surface area contributed by atoms with Crippen molar-refractivity contribution < 1.29 is 0 Å². The smallest absolute Gasteiger partial charge is 0.0318 e. The molecule has 1 heterocycles. The average Bonchev–Trinajstić information content (AvgIpc) is 2.65. The largest absolute Gasteiger partial charge is 0.310 e. The Labute approximate surface area is 76.1 Å². The van der Waals surface area contributed by atoms with Crippen molar-refractivity contribution in [1.29, 1.82) is 0 Å². The van der Waals surface area contributed by atoms with Gasteiger partial charge in [0.1, 0.15) is 0 Å². The summed E-state index contributed by atoms with van der Waals surface area (Å²) in [6.07, 6.45) is 4.21. The summed E-state index contributed by atoms with van der Waals surface area (Å²) in [6.45, 7) is 3.64. The number of halogens is 1. The molecule has 0 radical (unpaired) electrons. The molecule has 0 bridgehead atoms. The summed E-state index contributed by atoms with van der Waals surface area (Å²) in [5.41, 5.74) is 0.595. The molecule has 1 aliphatic heterocycles. The van der Waals surface area contributed by atoms with E-state index in [9.17, 15) is 0 Å². The van der Waals surface area contributed by atoms with Crippen LogP contribution in [-0.2, 0) is 0 Å². The van der Waals surface area contributed by atoms with Gasteiger partial charge in [-0.05, 0) is 31.7 Å². The van der Waals surface area contributed by atoms with Gasteiger partial charge in [0.05, 0.1) is 0 Å². The average molecular weight is 251 g/mol. The zero-order valence-corrected chi connectivity index (χ0v) is 8.52. The second-order valence-electron chi connectivity index (χ2n) is 3.75. The van der Waals surface area contributed by atoms with Gasteiger partial charge in [0.15, 0.2) is 0 Å². The molecule has 2 heteroatoms. The van der Waals surface area contributed by atoms with E-state index in [-0.39, 0.29) is 0 Å². The molecular weight excluding hydrogens is 237 g/mol. The molecule has 1 aliphatic carbocycles. The number of alkyl halides is 1. The Bertz CT molecular complexity index is 142. The molecule has 1 saturated heterocycles. The van der Waals surface area contributed by atoms with E-state index >= 15 is 0 Å². The molecule has 2 rings (SSSR count). The van der Waals surface area contributed by atoms with Gasteiger partial charge in [-0.1, -0.05) is 29.5 Å². The van der Waals surface area contributed by atoms with Crippen LogP contribution in [0.15, 0.2) is 0 Å². The molecule has 0 aromatic heterocycles. The fourth-order valence-electron chi connectivity index (χ4n) is 1.92. The first-order valence-corrected chi connectivity index (χ1v) is 5.38. The molecule has 58 valence electrons. The van der Waals surface area contributed by atoms with E-state index < -0.39 is 0 Å². The van der Waals surface area contributed by atoms with Gasteiger partial charge in [0, 0.05) is 9.46 Å². The fourth-order valence-corrected chi connectivity index (χ4v) is 3.13. The van der Waals surface area contributed by atoms with Crippen molar-refractivity contribution in [2.24, 2.45) is 5.92 Å². The lowest BCUT2D eigenvalue weighted by Gasteiger charge is -2.34. The van der Waals surface area contributed by atoms with Crippen LogP contribution in [0.3, 0.4) is 0 Å². The number of nitrogens with one attached hydrogen (secondary N) is 1. The minimum atomic E-state index is 0.595. The summed E-state index contributed by atoms with van der Waals surface area (Å²) < 4.78 is 0.888. The molecule has 2 atom stereocenters. The van der Waals surface area contributed by atoms with Gasteiger partial charge >= 0.3 is 0 Å². The second kappa shape index (κ2) is 2.34. The molecule has 0 amide bonds. The molecular formula is C8H14IN. The van der Waals surface area contributed by atoms with E-state index in [1.165, 1.54) is 25.8 Å². The van der Waals surface area contributed by atoms with Crippen LogP contribution in [0, 0.1) is 5.92 Å². The Hall–Kier alpha value is 0.690. The van der Waals surface area contributed by atoms with Gasteiger partial charge in [-0.25, -0.2) is 0 Å². The highest BCUT2D eigenvalue weighted by Gasteiger charge is 2.51. The highest BCUT2D eigenvalue weighted by molar-refractivity contribution is 14.1. The number of piperidine rings is 1. The Morgan fingerprint density at radius 2 is 2.20 bits per heavy atom. The third-order valence-corrected chi connectivity index (χ3v) is 5.31. The van der Waals surface area contributed by atoms with Gasteiger partial charge in [0.25, 0.3) is 0 Å². The Morgan fingerprint density at radius 1 is 1.50 bits per heavy atom. The first kappa shape index (κ1) is 7.35. The third kappa shape index (κ3) is 0.998. The summed E-state index contributed by atoms with van der Waals surface area (Å²) in [5, 5.41) is 3.64. The molecule has 1 N–H and O–H groups in total. The van der Waals surface area contributed by atoms with Gasteiger partial charge in [0.2, 0.25) is 0 Å². The SMILES string of the molecule is CC1CCNC2(CC2)C1I. The maximum atomic E-state index is 3.64. The summed E-state index contributed by atoms with van der Waals surface area (Å²) in [5.74, 6) is 0.935. The summed E-state index contributed by atoms with van der Waals surface area (Å²) in [7, 11) is 0. The van der Waals surface area contributed by atoms with Crippen LogP contribution in [0.2, 0.25) is 0 Å². The van der Waals surface area contributed by atoms with E-state index in [4.69, 9.17) is 0 Å². The zero-order chi connectivity index (χ0) is 7.19. The van der Waals surface area contributed by atoms with Crippen LogP contribution >= 0.6 is 22.6 Å². The Morgan fingerprint density at radius 3 is 2.70 bits per heavy atom. The maximum absolute atomic E-state index is 3.64. The lowest BCUT2D eigenvalue weighted by atomic mass is 9.92. The van der Waals surface area contributed by atoms with E-state index in [1.807, 2.05) is 0 Å². The Balaban J connectivity index is 2.07. The summed E-state index contributed by atoms with van der Waals surface area (Å²) in [4.78, 5) is 0. The molecule has 1 spiro atoms. The topological polar surface area (TPSA) is 12.0 Å². The normalized spacial score (nSPS) is 43.8. The predicted octanol–water partition coefficient (Wildman–Crippen LogP) is 1.95. The van der Waals surface area contributed by atoms with Crippen LogP contribution in [0.4, 0.5) is 0 Å². The predicted molar refractivity (Wildman–Crippen MR) is 51.6 cm³/mol. The van der Waals surface area contributed by atoms with Crippen LogP contribution in [0.1, 0.15) is 26.2 Å². The maximum Gasteiger partial charge on any atom is 0.0318 e. The molecule has 1 nitrogen and oxygen atoms in total. The summed E-state index contributed by atoms with van der Waals surface area (Å²) >= 11 is 2.63. The van der Waals surface area contributed by atoms with E-state index in [0.29, 0.717) is 5.54 Å². The third-order valence-electron chi connectivity index (χ3n) is 2.89. The zero-order valence-electron chi connectivity index (χ0n) is 6.36. The summed E-state index contributed by atoms with van der Waals surface area (Å²) in [6, 6.07) is 0. The minimum absolute atomic E-state index is 0.595. The van der Waals surface area contributed by atoms with Gasteiger partial charge < -0.3 is 5.32 Å². The molecule has 0 aromatic rings. The fraction of sp³-hybridized carbons (Fsp3) is 1.00. The molecule has 1 saturated carbocycles. The van der Waals surface area contributed by atoms with Crippen molar-refractivity contribution in [3.63, 3.8) is 0 Å². The highest BCUT2D eigenvalue weighted by Crippen LogP contribution is 2.47. The van der Waals surface area contributed by atoms with Crippen molar-refractivity contribution in [1.82, 2.24) is 5.32 Å². The first-order valence-electron chi connectivity index (χ1n) is 4.14. The van der Waals surface area contributed by atoms with Crippen LogP contribution in [0.25, 0.3) is 0 Å². The van der Waals surface area contributed by atoms with Gasteiger partial charge in [-0.2, -0.15) is 0 Å². The van der Waals surface area contributed by atoms with E-state index in [2.05, 4.69) is 34.8 Å². The van der Waals surface area contributed by atoms with Gasteiger partial charge in [-0.3, -0.25) is 0 Å². The van der Waals surface area contributed by atoms with E-state index in [1.54, 1.807) is 0 Å². The first-order chi connectivity index (χ1) is 4.75. The van der Waals surface area contributed by atoms with Crippen molar-refractivity contribution >= 4 is 22.6 Å². The van der Waals surface area contributed by atoms with Gasteiger partial charge in [-0.15, -0.1) is 0 Å². The number of hydrogen-bond donors (Lipinski definition) is 1. The van der Waals surface area contributed by atoms with Crippen LogP contribution in [-0.4, -0.2) is 16.0 Å². The number of hydrogen-bond acceptors (Lipinski definition) is 1. The monoisotopic (exact) mass is 251 g/mol. The van der Waals surface area contributed by atoms with Crippen molar-refractivity contribution in [3.8, 4) is 0 Å². The molecule has 2 aliphatic rings. The molecule has 10 heavy (non-hydrogen) atoms. The molecule has 2 fully saturated rings. The Kier molecular flexibility index (Phi) is 1.72. The van der Waals surface area contributed by atoms with Crippen molar-refractivity contribution in [3.05, 3.63) is 0 Å². The van der Waals surface area contributed by atoms with E-state index in [0.717, 1.165) is 9.84 Å². The number of rotatable bonds is 0. The van der Waals surface area contributed by atoms with Crippen molar-refractivity contribution in [2.75, 3.05) is 6.54 Å². The molecule has 0 aromatic carbocycles. The molecule has 2 unspecified atom stereocenters.